The molecule has 5 rings (SSSR count). The summed E-state index contributed by atoms with van der Waals surface area (Å²) in [7, 11) is 0. The Morgan fingerprint density at radius 3 is 2.27 bits per heavy atom. The second kappa shape index (κ2) is 5.29. The topological polar surface area (TPSA) is 41.1 Å². The number of hydrogen-bond acceptors (Lipinski definition) is 1. The number of benzene rings is 1. The van der Waals surface area contributed by atoms with Gasteiger partial charge < -0.3 is 10.6 Å². The lowest BCUT2D eigenvalue weighted by Crippen LogP contribution is -2.51. The zero-order valence-electron chi connectivity index (χ0n) is 13.4. The molecule has 4 aliphatic carbocycles. The molecule has 4 aliphatic rings. The third-order valence-electron chi connectivity index (χ3n) is 6.18. The largest absolute Gasteiger partial charge is 0.337 e. The van der Waals surface area contributed by atoms with E-state index in [2.05, 4.69) is 10.6 Å². The van der Waals surface area contributed by atoms with E-state index in [1.165, 1.54) is 38.5 Å². The van der Waals surface area contributed by atoms with Crippen LogP contribution in [-0.2, 0) is 0 Å². The first-order chi connectivity index (χ1) is 10.6. The highest BCUT2D eigenvalue weighted by Gasteiger charge is 2.50. The molecular formula is C19H26N2O. The molecule has 2 N–H and O–H groups in total. The molecule has 3 nitrogen and oxygen atoms in total. The Labute approximate surface area is 132 Å². The Morgan fingerprint density at radius 2 is 1.68 bits per heavy atom. The second-order valence-corrected chi connectivity index (χ2v) is 8.04. The van der Waals surface area contributed by atoms with Crippen LogP contribution in [0.3, 0.4) is 0 Å². The molecule has 4 fully saturated rings. The van der Waals surface area contributed by atoms with Gasteiger partial charge >= 0.3 is 6.03 Å². The van der Waals surface area contributed by atoms with Gasteiger partial charge in [-0.2, -0.15) is 0 Å². The maximum atomic E-state index is 12.2. The summed E-state index contributed by atoms with van der Waals surface area (Å²) in [5, 5.41) is 6.16. The number of anilines is 1. The Morgan fingerprint density at radius 1 is 1.09 bits per heavy atom. The van der Waals surface area contributed by atoms with Crippen LogP contribution in [0.15, 0.2) is 24.3 Å². The number of para-hydroxylation sites is 1. The summed E-state index contributed by atoms with van der Waals surface area (Å²) < 4.78 is 0. The van der Waals surface area contributed by atoms with Gasteiger partial charge in [0.1, 0.15) is 0 Å². The molecular weight excluding hydrogens is 272 g/mol. The molecule has 1 aromatic rings. The SMILES string of the molecule is Cc1ccccc1NC(=O)NCC12CC3CC(CC(C3)C1)C2. The van der Waals surface area contributed by atoms with Gasteiger partial charge in [-0.15, -0.1) is 0 Å². The lowest BCUT2D eigenvalue weighted by molar-refractivity contribution is -0.0496. The van der Waals surface area contributed by atoms with Crippen LogP contribution in [0.5, 0.6) is 0 Å². The molecule has 4 bridgehead atoms. The minimum atomic E-state index is -0.0509. The summed E-state index contributed by atoms with van der Waals surface area (Å²) in [5.41, 5.74) is 2.41. The molecule has 2 amide bonds. The molecule has 0 aromatic heterocycles. The number of hydrogen-bond donors (Lipinski definition) is 2. The van der Waals surface area contributed by atoms with E-state index in [1.54, 1.807) is 0 Å². The van der Waals surface area contributed by atoms with E-state index in [0.29, 0.717) is 5.41 Å². The maximum absolute atomic E-state index is 12.2. The number of rotatable bonds is 3. The third-order valence-corrected chi connectivity index (χ3v) is 6.18. The van der Waals surface area contributed by atoms with Crippen molar-refractivity contribution in [2.75, 3.05) is 11.9 Å². The summed E-state index contributed by atoms with van der Waals surface area (Å²) >= 11 is 0. The number of aryl methyl sites for hydroxylation is 1. The predicted octanol–water partition coefficient (Wildman–Crippen LogP) is 4.33. The predicted molar refractivity (Wildman–Crippen MR) is 88.8 cm³/mol. The quantitative estimate of drug-likeness (QED) is 0.856. The van der Waals surface area contributed by atoms with E-state index < -0.39 is 0 Å². The fourth-order valence-electron chi connectivity index (χ4n) is 5.65. The van der Waals surface area contributed by atoms with Crippen molar-refractivity contribution in [1.29, 1.82) is 0 Å². The summed E-state index contributed by atoms with van der Waals surface area (Å²) in [6, 6.07) is 7.88. The van der Waals surface area contributed by atoms with Crippen molar-refractivity contribution in [2.45, 2.75) is 45.4 Å². The second-order valence-electron chi connectivity index (χ2n) is 8.04. The van der Waals surface area contributed by atoms with E-state index in [9.17, 15) is 4.79 Å². The van der Waals surface area contributed by atoms with Gasteiger partial charge in [0.05, 0.1) is 0 Å². The summed E-state index contributed by atoms with van der Waals surface area (Å²) in [4.78, 5) is 12.2. The van der Waals surface area contributed by atoms with Crippen LogP contribution in [0, 0.1) is 30.1 Å². The van der Waals surface area contributed by atoms with Gasteiger partial charge in [-0.1, -0.05) is 18.2 Å². The standard InChI is InChI=1S/C19H26N2O/c1-13-4-2-3-5-17(13)21-18(22)20-12-19-9-14-6-15(10-19)8-16(7-14)11-19/h2-5,14-16H,6-12H2,1H3,(H2,20,21,22). The Balaban J connectivity index is 1.37. The molecule has 0 unspecified atom stereocenters. The molecule has 118 valence electrons. The highest BCUT2D eigenvalue weighted by Crippen LogP contribution is 2.59. The molecule has 1 aromatic carbocycles. The average Bonchev–Trinajstić information content (AvgIpc) is 2.46. The van der Waals surface area contributed by atoms with Gasteiger partial charge in [0, 0.05) is 12.2 Å². The van der Waals surface area contributed by atoms with Crippen molar-refractivity contribution in [2.24, 2.45) is 23.2 Å². The molecule has 0 radical (unpaired) electrons. The summed E-state index contributed by atoms with van der Waals surface area (Å²) in [5.74, 6) is 2.81. The van der Waals surface area contributed by atoms with Crippen molar-refractivity contribution < 1.29 is 4.79 Å². The van der Waals surface area contributed by atoms with Crippen LogP contribution in [0.4, 0.5) is 10.5 Å². The van der Waals surface area contributed by atoms with E-state index in [0.717, 1.165) is 35.5 Å². The van der Waals surface area contributed by atoms with Crippen LogP contribution >= 0.6 is 0 Å². The zero-order chi connectivity index (χ0) is 15.2. The zero-order valence-corrected chi connectivity index (χ0v) is 13.4. The monoisotopic (exact) mass is 298 g/mol. The Bertz CT molecular complexity index is 545. The molecule has 4 saturated carbocycles. The van der Waals surface area contributed by atoms with E-state index in [-0.39, 0.29) is 6.03 Å². The molecule has 0 saturated heterocycles. The molecule has 0 atom stereocenters. The molecule has 3 heteroatoms. The van der Waals surface area contributed by atoms with Crippen molar-refractivity contribution >= 4 is 11.7 Å². The van der Waals surface area contributed by atoms with Crippen LogP contribution in [0.1, 0.15) is 44.1 Å². The fraction of sp³-hybridized carbons (Fsp3) is 0.632. The highest BCUT2D eigenvalue weighted by molar-refractivity contribution is 5.90. The van der Waals surface area contributed by atoms with Gasteiger partial charge in [-0.3, -0.25) is 0 Å². The van der Waals surface area contributed by atoms with Gasteiger partial charge in [0.25, 0.3) is 0 Å². The van der Waals surface area contributed by atoms with E-state index >= 15 is 0 Å². The third kappa shape index (κ3) is 2.62. The number of carbonyl (C=O) groups is 1. The van der Waals surface area contributed by atoms with Crippen molar-refractivity contribution in [3.05, 3.63) is 29.8 Å². The number of carbonyl (C=O) groups excluding carboxylic acids is 1. The van der Waals surface area contributed by atoms with E-state index in [1.807, 2.05) is 31.2 Å². The summed E-state index contributed by atoms with van der Waals surface area (Å²) in [6.07, 6.45) is 8.37. The lowest BCUT2D eigenvalue weighted by atomic mass is 9.49. The smallest absolute Gasteiger partial charge is 0.319 e. The molecule has 0 spiro atoms. The van der Waals surface area contributed by atoms with Crippen molar-refractivity contribution in [1.82, 2.24) is 5.32 Å². The number of amides is 2. The van der Waals surface area contributed by atoms with Crippen molar-refractivity contribution in [3.63, 3.8) is 0 Å². The Kier molecular flexibility index (Phi) is 3.39. The minimum absolute atomic E-state index is 0.0509. The maximum Gasteiger partial charge on any atom is 0.319 e. The minimum Gasteiger partial charge on any atom is -0.337 e. The number of urea groups is 1. The van der Waals surface area contributed by atoms with Crippen LogP contribution in [0.25, 0.3) is 0 Å². The van der Waals surface area contributed by atoms with Gasteiger partial charge in [0.15, 0.2) is 0 Å². The first-order valence-corrected chi connectivity index (χ1v) is 8.72. The highest BCUT2D eigenvalue weighted by atomic mass is 16.2. The first-order valence-electron chi connectivity index (χ1n) is 8.72. The molecule has 22 heavy (non-hydrogen) atoms. The fourth-order valence-corrected chi connectivity index (χ4v) is 5.65. The van der Waals surface area contributed by atoms with Gasteiger partial charge in [0.2, 0.25) is 0 Å². The van der Waals surface area contributed by atoms with E-state index in [4.69, 9.17) is 0 Å². The van der Waals surface area contributed by atoms with Crippen LogP contribution in [0.2, 0.25) is 0 Å². The summed E-state index contributed by atoms with van der Waals surface area (Å²) in [6.45, 7) is 2.88. The first kappa shape index (κ1) is 14.1. The van der Waals surface area contributed by atoms with Crippen LogP contribution < -0.4 is 10.6 Å². The lowest BCUT2D eigenvalue weighted by Gasteiger charge is -2.56. The van der Waals surface area contributed by atoms with Gasteiger partial charge in [-0.25, -0.2) is 4.79 Å². The molecule has 0 heterocycles. The normalized spacial score (nSPS) is 35.4. The van der Waals surface area contributed by atoms with Crippen LogP contribution in [-0.4, -0.2) is 12.6 Å². The van der Waals surface area contributed by atoms with Crippen molar-refractivity contribution in [3.8, 4) is 0 Å². The number of nitrogens with one attached hydrogen (secondary N) is 2. The van der Waals surface area contributed by atoms with Gasteiger partial charge in [-0.05, 0) is 80.2 Å². The Hall–Kier alpha value is -1.51. The average molecular weight is 298 g/mol. The molecule has 0 aliphatic heterocycles.